The summed E-state index contributed by atoms with van der Waals surface area (Å²) in [5.41, 5.74) is 0.917. The van der Waals surface area contributed by atoms with Gasteiger partial charge in [-0.3, -0.25) is 4.79 Å². The highest BCUT2D eigenvalue weighted by Gasteiger charge is 2.34. The smallest absolute Gasteiger partial charge is 0.257 e. The van der Waals surface area contributed by atoms with Crippen LogP contribution in [0.15, 0.2) is 28.8 Å². The van der Waals surface area contributed by atoms with E-state index in [1.165, 1.54) is 6.20 Å². The van der Waals surface area contributed by atoms with Crippen LogP contribution in [0.4, 0.5) is 0 Å². The number of pyridine rings is 1. The predicted octanol–water partition coefficient (Wildman–Crippen LogP) is 2.07. The number of likely N-dealkylation sites (tertiary alicyclic amines) is 1. The molecule has 22 heavy (non-hydrogen) atoms. The van der Waals surface area contributed by atoms with Crippen molar-refractivity contribution < 1.29 is 13.9 Å². The highest BCUT2D eigenvalue weighted by Crippen LogP contribution is 2.22. The summed E-state index contributed by atoms with van der Waals surface area (Å²) >= 11 is 0. The van der Waals surface area contributed by atoms with E-state index >= 15 is 0 Å². The maximum Gasteiger partial charge on any atom is 0.257 e. The van der Waals surface area contributed by atoms with E-state index in [1.807, 2.05) is 13.0 Å². The number of amides is 1. The van der Waals surface area contributed by atoms with Crippen molar-refractivity contribution in [1.82, 2.24) is 9.88 Å². The maximum absolute atomic E-state index is 12.3. The van der Waals surface area contributed by atoms with Crippen LogP contribution in [0.25, 0.3) is 0 Å². The Morgan fingerprint density at radius 1 is 1.45 bits per heavy atom. The van der Waals surface area contributed by atoms with Gasteiger partial charge in [-0.25, -0.2) is 4.98 Å². The van der Waals surface area contributed by atoms with Crippen LogP contribution in [-0.2, 0) is 0 Å². The molecule has 1 fully saturated rings. The van der Waals surface area contributed by atoms with Crippen LogP contribution < -0.4 is 4.74 Å². The molecule has 0 unspecified atom stereocenters. The van der Waals surface area contributed by atoms with Crippen LogP contribution in [0.5, 0.6) is 5.75 Å². The first kappa shape index (κ1) is 14.1. The fourth-order valence-electron chi connectivity index (χ4n) is 2.43. The Balaban J connectivity index is 1.59. The second-order valence-electron chi connectivity index (χ2n) is 5.27. The van der Waals surface area contributed by atoms with Gasteiger partial charge in [0.1, 0.15) is 35.1 Å². The number of hydrogen-bond donors (Lipinski definition) is 0. The average Bonchev–Trinajstić information content (AvgIpc) is 2.81. The van der Waals surface area contributed by atoms with E-state index in [1.54, 1.807) is 30.0 Å². The lowest BCUT2D eigenvalue weighted by molar-refractivity contribution is 0.0176. The van der Waals surface area contributed by atoms with Crippen molar-refractivity contribution in [1.29, 1.82) is 5.26 Å². The Morgan fingerprint density at radius 2 is 2.23 bits per heavy atom. The highest BCUT2D eigenvalue weighted by atomic mass is 16.5. The standard InChI is InChI=1S/C16H15N3O3/c1-10-5-15(11(2)21-10)16(20)19-8-14(9-19)22-13-3-4-18-12(6-13)7-17/h3-6,14H,8-9H2,1-2H3. The van der Waals surface area contributed by atoms with Gasteiger partial charge in [0.05, 0.1) is 18.7 Å². The first-order chi connectivity index (χ1) is 10.6. The molecule has 3 rings (SSSR count). The lowest BCUT2D eigenvalue weighted by Crippen LogP contribution is -2.56. The molecule has 0 radical (unpaired) electrons. The Bertz CT molecular complexity index is 754. The molecule has 0 spiro atoms. The molecule has 1 saturated heterocycles. The molecule has 2 aromatic heterocycles. The Labute approximate surface area is 127 Å². The molecular formula is C16H15N3O3. The first-order valence-corrected chi connectivity index (χ1v) is 6.96. The fourth-order valence-corrected chi connectivity index (χ4v) is 2.43. The SMILES string of the molecule is Cc1cc(C(=O)N2CC(Oc3ccnc(C#N)c3)C2)c(C)o1. The van der Waals surface area contributed by atoms with Crippen molar-refractivity contribution in [3.8, 4) is 11.8 Å². The largest absolute Gasteiger partial charge is 0.487 e. The zero-order valence-corrected chi connectivity index (χ0v) is 12.4. The van der Waals surface area contributed by atoms with Gasteiger partial charge in [0.25, 0.3) is 5.91 Å². The van der Waals surface area contributed by atoms with Crippen LogP contribution in [-0.4, -0.2) is 35.0 Å². The molecule has 112 valence electrons. The zero-order chi connectivity index (χ0) is 15.7. The molecule has 2 aromatic rings. The number of aromatic nitrogens is 1. The molecule has 0 atom stereocenters. The minimum atomic E-state index is -0.0637. The molecule has 0 aromatic carbocycles. The summed E-state index contributed by atoms with van der Waals surface area (Å²) in [5.74, 6) is 1.93. The number of nitrogens with zero attached hydrogens (tertiary/aromatic N) is 3. The van der Waals surface area contributed by atoms with Gasteiger partial charge in [0, 0.05) is 12.3 Å². The second kappa shape index (κ2) is 5.53. The van der Waals surface area contributed by atoms with Gasteiger partial charge >= 0.3 is 0 Å². The lowest BCUT2D eigenvalue weighted by atomic mass is 10.1. The lowest BCUT2D eigenvalue weighted by Gasteiger charge is -2.38. The topological polar surface area (TPSA) is 79.4 Å². The van der Waals surface area contributed by atoms with Gasteiger partial charge in [-0.15, -0.1) is 0 Å². The summed E-state index contributed by atoms with van der Waals surface area (Å²) in [7, 11) is 0. The first-order valence-electron chi connectivity index (χ1n) is 6.96. The number of carbonyl (C=O) groups excluding carboxylic acids is 1. The van der Waals surface area contributed by atoms with Crippen LogP contribution in [0, 0.1) is 25.2 Å². The minimum absolute atomic E-state index is 0.0401. The van der Waals surface area contributed by atoms with E-state index in [0.29, 0.717) is 35.9 Å². The molecule has 1 aliphatic rings. The van der Waals surface area contributed by atoms with E-state index in [9.17, 15) is 4.79 Å². The van der Waals surface area contributed by atoms with E-state index in [0.717, 1.165) is 5.76 Å². The molecule has 0 aliphatic carbocycles. The molecule has 0 saturated carbocycles. The van der Waals surface area contributed by atoms with Crippen molar-refractivity contribution in [2.75, 3.05) is 13.1 Å². The van der Waals surface area contributed by atoms with Crippen LogP contribution in [0.1, 0.15) is 27.6 Å². The highest BCUT2D eigenvalue weighted by molar-refractivity contribution is 5.95. The van der Waals surface area contributed by atoms with E-state index in [-0.39, 0.29) is 12.0 Å². The Kier molecular flexibility index (Phi) is 3.55. The number of carbonyl (C=O) groups is 1. The molecule has 6 nitrogen and oxygen atoms in total. The Hall–Kier alpha value is -2.81. The molecule has 6 heteroatoms. The van der Waals surface area contributed by atoms with Gasteiger partial charge in [-0.05, 0) is 26.0 Å². The van der Waals surface area contributed by atoms with E-state index in [4.69, 9.17) is 14.4 Å². The number of nitriles is 1. The van der Waals surface area contributed by atoms with E-state index in [2.05, 4.69) is 4.98 Å². The molecule has 1 amide bonds. The monoisotopic (exact) mass is 297 g/mol. The number of ether oxygens (including phenoxy) is 1. The summed E-state index contributed by atoms with van der Waals surface area (Å²) in [6.45, 7) is 4.65. The van der Waals surface area contributed by atoms with Crippen LogP contribution >= 0.6 is 0 Å². The number of hydrogen-bond acceptors (Lipinski definition) is 5. The fraction of sp³-hybridized carbons (Fsp3) is 0.312. The predicted molar refractivity (Wildman–Crippen MR) is 77.5 cm³/mol. The average molecular weight is 297 g/mol. The van der Waals surface area contributed by atoms with Crippen molar-refractivity contribution in [2.45, 2.75) is 20.0 Å². The summed E-state index contributed by atoms with van der Waals surface area (Å²) in [5, 5.41) is 8.81. The normalized spacial score (nSPS) is 14.3. The van der Waals surface area contributed by atoms with Crippen molar-refractivity contribution in [3.05, 3.63) is 47.2 Å². The van der Waals surface area contributed by atoms with Crippen molar-refractivity contribution >= 4 is 5.91 Å². The number of rotatable bonds is 3. The molecular weight excluding hydrogens is 282 g/mol. The van der Waals surface area contributed by atoms with Gasteiger partial charge in [0.2, 0.25) is 0 Å². The van der Waals surface area contributed by atoms with Gasteiger partial charge in [-0.1, -0.05) is 0 Å². The summed E-state index contributed by atoms with van der Waals surface area (Å²) in [6, 6.07) is 7.02. The third-order valence-corrected chi connectivity index (χ3v) is 3.56. The van der Waals surface area contributed by atoms with Gasteiger partial charge in [0.15, 0.2) is 0 Å². The van der Waals surface area contributed by atoms with Crippen molar-refractivity contribution in [3.63, 3.8) is 0 Å². The maximum atomic E-state index is 12.3. The summed E-state index contributed by atoms with van der Waals surface area (Å²) in [6.07, 6.45) is 1.47. The molecule has 0 N–H and O–H groups in total. The molecule has 0 bridgehead atoms. The van der Waals surface area contributed by atoms with E-state index < -0.39 is 0 Å². The summed E-state index contributed by atoms with van der Waals surface area (Å²) < 4.78 is 11.1. The van der Waals surface area contributed by atoms with Gasteiger partial charge < -0.3 is 14.1 Å². The number of aryl methyl sites for hydroxylation is 2. The second-order valence-corrected chi connectivity index (χ2v) is 5.27. The van der Waals surface area contributed by atoms with Crippen LogP contribution in [0.2, 0.25) is 0 Å². The third-order valence-electron chi connectivity index (χ3n) is 3.56. The minimum Gasteiger partial charge on any atom is -0.487 e. The third kappa shape index (κ3) is 2.66. The van der Waals surface area contributed by atoms with Gasteiger partial charge in [-0.2, -0.15) is 5.26 Å². The quantitative estimate of drug-likeness (QED) is 0.866. The number of furan rings is 1. The van der Waals surface area contributed by atoms with Crippen molar-refractivity contribution in [2.24, 2.45) is 0 Å². The Morgan fingerprint density at radius 3 is 2.86 bits per heavy atom. The zero-order valence-electron chi connectivity index (χ0n) is 12.4. The molecule has 3 heterocycles. The molecule has 1 aliphatic heterocycles. The van der Waals surface area contributed by atoms with Crippen LogP contribution in [0.3, 0.4) is 0 Å². The summed E-state index contributed by atoms with van der Waals surface area (Å²) in [4.78, 5) is 17.9.